The zero-order chi connectivity index (χ0) is 13.5. The predicted molar refractivity (Wildman–Crippen MR) is 62.7 cm³/mol. The molecule has 0 amide bonds. The van der Waals surface area contributed by atoms with Crippen LogP contribution in [0.2, 0.25) is 0 Å². The number of halogens is 1. The van der Waals surface area contributed by atoms with Crippen molar-refractivity contribution in [3.63, 3.8) is 0 Å². The lowest BCUT2D eigenvalue weighted by Gasteiger charge is -2.37. The average Bonchev–Trinajstić information content (AvgIpc) is 2.77. The third kappa shape index (κ3) is 1.69. The molecule has 0 aliphatic heterocycles. The summed E-state index contributed by atoms with van der Waals surface area (Å²) < 4.78 is 14.3. The molecule has 2 aromatic rings. The van der Waals surface area contributed by atoms with Gasteiger partial charge in [-0.3, -0.25) is 0 Å². The van der Waals surface area contributed by atoms with Crippen LogP contribution in [0.15, 0.2) is 24.3 Å². The number of tetrazole rings is 1. The number of aromatic nitrogens is 4. The van der Waals surface area contributed by atoms with Gasteiger partial charge in [0.05, 0.1) is 0 Å². The Labute approximate surface area is 107 Å². The van der Waals surface area contributed by atoms with E-state index in [9.17, 15) is 14.3 Å². The second kappa shape index (κ2) is 4.11. The molecule has 1 heterocycles. The van der Waals surface area contributed by atoms with E-state index < -0.39 is 11.5 Å². The Balaban J connectivity index is 2.08. The first-order valence-electron chi connectivity index (χ1n) is 5.92. The van der Waals surface area contributed by atoms with Crippen LogP contribution in [0.5, 0.6) is 0 Å². The van der Waals surface area contributed by atoms with Gasteiger partial charge in [-0.1, -0.05) is 0 Å². The quantitative estimate of drug-likeness (QED) is 0.905. The minimum absolute atomic E-state index is 0.349. The fourth-order valence-electron chi connectivity index (χ4n) is 2.28. The van der Waals surface area contributed by atoms with Crippen molar-refractivity contribution >= 4 is 5.97 Å². The summed E-state index contributed by atoms with van der Waals surface area (Å²) in [7, 11) is 0. The summed E-state index contributed by atoms with van der Waals surface area (Å²) in [6.45, 7) is 0. The molecule has 0 radical (unpaired) electrons. The summed E-state index contributed by atoms with van der Waals surface area (Å²) in [4.78, 5) is 11.5. The Morgan fingerprint density at radius 2 is 2.00 bits per heavy atom. The third-order valence-electron chi connectivity index (χ3n) is 3.56. The Morgan fingerprint density at radius 1 is 1.32 bits per heavy atom. The van der Waals surface area contributed by atoms with Gasteiger partial charge in [-0.05, 0) is 54.0 Å². The number of nitrogens with zero attached hydrogens (tertiary/aromatic N) is 4. The van der Waals surface area contributed by atoms with Crippen molar-refractivity contribution in [1.29, 1.82) is 0 Å². The third-order valence-corrected chi connectivity index (χ3v) is 3.56. The van der Waals surface area contributed by atoms with Crippen LogP contribution in [-0.2, 0) is 10.3 Å². The minimum Gasteiger partial charge on any atom is -0.479 e. The topological polar surface area (TPSA) is 80.9 Å². The van der Waals surface area contributed by atoms with Crippen LogP contribution < -0.4 is 0 Å². The van der Waals surface area contributed by atoms with Crippen molar-refractivity contribution < 1.29 is 14.3 Å². The number of hydrogen-bond acceptors (Lipinski definition) is 4. The van der Waals surface area contributed by atoms with Gasteiger partial charge in [-0.25, -0.2) is 13.9 Å². The molecular formula is C12H11FN4O2. The van der Waals surface area contributed by atoms with Gasteiger partial charge >= 0.3 is 5.97 Å². The maximum Gasteiger partial charge on any atom is 0.331 e. The highest BCUT2D eigenvalue weighted by Gasteiger charge is 2.49. The minimum atomic E-state index is -1.06. The van der Waals surface area contributed by atoms with E-state index in [1.165, 1.54) is 28.9 Å². The van der Waals surface area contributed by atoms with Gasteiger partial charge in [0.1, 0.15) is 5.82 Å². The van der Waals surface area contributed by atoms with E-state index in [-0.39, 0.29) is 5.82 Å². The molecule has 98 valence electrons. The highest BCUT2D eigenvalue weighted by atomic mass is 19.1. The van der Waals surface area contributed by atoms with Gasteiger partial charge in [-0.2, -0.15) is 0 Å². The van der Waals surface area contributed by atoms with Crippen molar-refractivity contribution in [3.8, 4) is 11.4 Å². The monoisotopic (exact) mass is 262 g/mol. The molecule has 1 aromatic carbocycles. The standard InChI is InChI=1S/C12H11FN4O2/c13-9-4-2-8(3-5-9)10-14-15-16-17(10)12(11(18)19)6-1-7-12/h2-5H,1,6-7H2,(H,18,19). The Kier molecular flexibility index (Phi) is 2.55. The molecule has 3 rings (SSSR count). The molecule has 7 heteroatoms. The van der Waals surface area contributed by atoms with Crippen LogP contribution in [0.3, 0.4) is 0 Å². The largest absolute Gasteiger partial charge is 0.479 e. The maximum absolute atomic E-state index is 12.9. The number of rotatable bonds is 3. The molecule has 1 aliphatic rings. The van der Waals surface area contributed by atoms with E-state index in [0.717, 1.165) is 6.42 Å². The van der Waals surface area contributed by atoms with E-state index in [1.54, 1.807) is 0 Å². The highest BCUT2D eigenvalue weighted by Crippen LogP contribution is 2.40. The molecule has 1 aliphatic carbocycles. The van der Waals surface area contributed by atoms with Gasteiger partial charge in [0.15, 0.2) is 11.4 Å². The SMILES string of the molecule is O=C(O)C1(n2nnnc2-c2ccc(F)cc2)CCC1. The Hall–Kier alpha value is -2.31. The van der Waals surface area contributed by atoms with Gasteiger partial charge < -0.3 is 5.11 Å². The second-order valence-electron chi connectivity index (χ2n) is 4.61. The molecule has 0 bridgehead atoms. The Bertz CT molecular complexity index is 619. The molecule has 1 N–H and O–H groups in total. The molecule has 0 spiro atoms. The Morgan fingerprint density at radius 3 is 2.53 bits per heavy atom. The molecule has 1 aromatic heterocycles. The van der Waals surface area contributed by atoms with E-state index in [2.05, 4.69) is 15.5 Å². The molecule has 6 nitrogen and oxygen atoms in total. The first-order valence-corrected chi connectivity index (χ1v) is 5.92. The van der Waals surface area contributed by atoms with Crippen LogP contribution in [0.25, 0.3) is 11.4 Å². The number of hydrogen-bond donors (Lipinski definition) is 1. The lowest BCUT2D eigenvalue weighted by molar-refractivity contribution is -0.153. The first-order chi connectivity index (χ1) is 9.13. The molecule has 1 fully saturated rings. The normalized spacial score (nSPS) is 16.9. The number of aliphatic carboxylic acids is 1. The molecule has 0 atom stereocenters. The zero-order valence-corrected chi connectivity index (χ0v) is 9.95. The van der Waals surface area contributed by atoms with E-state index in [1.807, 2.05) is 0 Å². The van der Waals surface area contributed by atoms with Gasteiger partial charge in [0.2, 0.25) is 0 Å². The second-order valence-corrected chi connectivity index (χ2v) is 4.61. The van der Waals surface area contributed by atoms with E-state index in [4.69, 9.17) is 0 Å². The first kappa shape index (κ1) is 11.8. The fraction of sp³-hybridized carbons (Fsp3) is 0.333. The lowest BCUT2D eigenvalue weighted by atomic mass is 9.76. The zero-order valence-electron chi connectivity index (χ0n) is 9.95. The van der Waals surface area contributed by atoms with Crippen molar-refractivity contribution in [2.24, 2.45) is 0 Å². The van der Waals surface area contributed by atoms with Gasteiger partial charge in [0.25, 0.3) is 0 Å². The maximum atomic E-state index is 12.9. The fourth-order valence-corrected chi connectivity index (χ4v) is 2.28. The van der Waals surface area contributed by atoms with Gasteiger partial charge in [-0.15, -0.1) is 5.10 Å². The van der Waals surface area contributed by atoms with E-state index >= 15 is 0 Å². The van der Waals surface area contributed by atoms with Crippen LogP contribution in [0, 0.1) is 5.82 Å². The van der Waals surface area contributed by atoms with Crippen LogP contribution in [0.1, 0.15) is 19.3 Å². The van der Waals surface area contributed by atoms with Crippen molar-refractivity contribution in [2.45, 2.75) is 24.8 Å². The summed E-state index contributed by atoms with van der Waals surface area (Å²) in [6, 6.07) is 5.66. The molecule has 0 saturated heterocycles. The summed E-state index contributed by atoms with van der Waals surface area (Å²) in [5.41, 5.74) is -0.466. The number of carboxylic acid groups (broad SMARTS) is 1. The molecule has 0 unspecified atom stereocenters. The van der Waals surface area contributed by atoms with Crippen molar-refractivity contribution in [1.82, 2.24) is 20.2 Å². The van der Waals surface area contributed by atoms with Gasteiger partial charge in [0, 0.05) is 5.56 Å². The highest BCUT2D eigenvalue weighted by molar-refractivity contribution is 5.78. The lowest BCUT2D eigenvalue weighted by Crippen LogP contribution is -2.48. The van der Waals surface area contributed by atoms with E-state index in [0.29, 0.717) is 24.2 Å². The van der Waals surface area contributed by atoms with Crippen molar-refractivity contribution in [2.75, 3.05) is 0 Å². The average molecular weight is 262 g/mol. The summed E-state index contributed by atoms with van der Waals surface area (Å²) in [6.07, 6.45) is 1.83. The number of benzene rings is 1. The number of carbonyl (C=O) groups is 1. The molecular weight excluding hydrogens is 251 g/mol. The smallest absolute Gasteiger partial charge is 0.331 e. The predicted octanol–water partition coefficient (Wildman–Crippen LogP) is 1.44. The van der Waals surface area contributed by atoms with Crippen LogP contribution in [-0.4, -0.2) is 31.3 Å². The van der Waals surface area contributed by atoms with Crippen LogP contribution in [0.4, 0.5) is 4.39 Å². The summed E-state index contributed by atoms with van der Waals surface area (Å²) in [5.74, 6) is -0.948. The molecule has 19 heavy (non-hydrogen) atoms. The summed E-state index contributed by atoms with van der Waals surface area (Å²) >= 11 is 0. The molecule has 1 saturated carbocycles. The number of carboxylic acids is 1. The van der Waals surface area contributed by atoms with Crippen molar-refractivity contribution in [3.05, 3.63) is 30.1 Å². The summed E-state index contributed by atoms with van der Waals surface area (Å²) in [5, 5.41) is 20.6. The van der Waals surface area contributed by atoms with Crippen LogP contribution >= 0.6 is 0 Å².